The Bertz CT molecular complexity index is 1070. The molecule has 0 bridgehead atoms. The summed E-state index contributed by atoms with van der Waals surface area (Å²) < 4.78 is 14.2. The third kappa shape index (κ3) is 4.09. The van der Waals surface area contributed by atoms with Gasteiger partial charge in [-0.2, -0.15) is 0 Å². The van der Waals surface area contributed by atoms with Crippen LogP contribution in [0.2, 0.25) is 5.02 Å². The molecule has 0 radical (unpaired) electrons. The highest BCUT2D eigenvalue weighted by atomic mass is 35.5. The molecule has 0 aliphatic carbocycles. The Morgan fingerprint density at radius 2 is 2.20 bits per heavy atom. The molecule has 3 heterocycles. The number of nitrogen functional groups attached to an aromatic ring is 1. The quantitative estimate of drug-likeness (QED) is 0.562. The molecule has 156 valence electrons. The van der Waals surface area contributed by atoms with Gasteiger partial charge in [-0.05, 0) is 31.0 Å². The van der Waals surface area contributed by atoms with Crippen LogP contribution in [0.1, 0.15) is 23.3 Å². The van der Waals surface area contributed by atoms with E-state index in [1.807, 2.05) is 6.07 Å². The Balaban J connectivity index is 1.61. The molecule has 1 saturated heterocycles. The predicted octanol–water partition coefficient (Wildman–Crippen LogP) is 3.76. The van der Waals surface area contributed by atoms with Crippen LogP contribution in [0.5, 0.6) is 0 Å². The largest absolute Gasteiger partial charge is 0.389 e. The summed E-state index contributed by atoms with van der Waals surface area (Å²) in [6.45, 7) is 1.54. The van der Waals surface area contributed by atoms with Crippen molar-refractivity contribution in [2.75, 3.05) is 29.0 Å². The molecule has 1 aromatic carbocycles. The minimum absolute atomic E-state index is 0.0134. The normalized spacial score (nSPS) is 16.5. The van der Waals surface area contributed by atoms with Crippen molar-refractivity contribution in [1.82, 2.24) is 9.97 Å². The Labute approximate surface area is 181 Å². The number of halogens is 2. The number of aromatic nitrogens is 2. The zero-order valence-corrected chi connectivity index (χ0v) is 17.5. The van der Waals surface area contributed by atoms with E-state index in [1.165, 1.54) is 12.1 Å². The number of hydrogen-bond donors (Lipinski definition) is 3. The number of benzene rings is 1. The lowest BCUT2D eigenvalue weighted by atomic mass is 10.1. The van der Waals surface area contributed by atoms with Gasteiger partial charge in [-0.1, -0.05) is 29.0 Å². The van der Waals surface area contributed by atoms with Crippen LogP contribution in [0.4, 0.5) is 20.8 Å². The van der Waals surface area contributed by atoms with E-state index in [1.54, 1.807) is 18.5 Å². The Morgan fingerprint density at radius 3 is 2.97 bits per heavy atom. The van der Waals surface area contributed by atoms with Crippen molar-refractivity contribution in [2.45, 2.75) is 18.9 Å². The summed E-state index contributed by atoms with van der Waals surface area (Å²) in [6.07, 6.45) is 5.19. The number of anilines is 3. The van der Waals surface area contributed by atoms with Crippen molar-refractivity contribution in [3.63, 3.8) is 0 Å². The number of pyridine rings is 1. The highest BCUT2D eigenvalue weighted by molar-refractivity contribution is 7.19. The van der Waals surface area contributed by atoms with Gasteiger partial charge in [0.15, 0.2) is 5.69 Å². The van der Waals surface area contributed by atoms with Gasteiger partial charge in [0.05, 0.1) is 28.2 Å². The van der Waals surface area contributed by atoms with Crippen LogP contribution >= 0.6 is 22.9 Å². The lowest BCUT2D eigenvalue weighted by Gasteiger charge is -2.33. The minimum Gasteiger partial charge on any atom is -0.389 e. The molecule has 1 atom stereocenters. The second-order valence-electron chi connectivity index (χ2n) is 7.02. The maximum atomic E-state index is 14.2. The molecule has 1 aliphatic rings. The van der Waals surface area contributed by atoms with Crippen LogP contribution in [0, 0.1) is 5.82 Å². The van der Waals surface area contributed by atoms with Crippen LogP contribution in [-0.2, 0) is 0 Å². The Kier molecular flexibility index (Phi) is 5.85. The molecule has 5 N–H and O–H groups in total. The zero-order valence-electron chi connectivity index (χ0n) is 15.9. The summed E-state index contributed by atoms with van der Waals surface area (Å²) in [4.78, 5) is 23.4. The summed E-state index contributed by atoms with van der Waals surface area (Å²) in [5.41, 5.74) is 13.6. The van der Waals surface area contributed by atoms with Crippen molar-refractivity contribution >= 4 is 45.2 Å². The van der Waals surface area contributed by atoms with Gasteiger partial charge in [0.1, 0.15) is 15.8 Å². The van der Waals surface area contributed by atoms with E-state index >= 15 is 0 Å². The van der Waals surface area contributed by atoms with Crippen LogP contribution in [0.15, 0.2) is 36.7 Å². The molecule has 1 amide bonds. The molecule has 4 rings (SSSR count). The first kappa shape index (κ1) is 20.5. The van der Waals surface area contributed by atoms with Gasteiger partial charge in [-0.25, -0.2) is 9.37 Å². The molecule has 7 nitrogen and oxygen atoms in total. The SMILES string of the molecule is Nc1sc(-c2c(F)cccc2Cl)nc1C(=O)Nc1cnccc1N1CCCC(N)C1. The highest BCUT2D eigenvalue weighted by Crippen LogP contribution is 2.36. The first-order valence-corrected chi connectivity index (χ1v) is 10.6. The van der Waals surface area contributed by atoms with Gasteiger partial charge < -0.3 is 21.7 Å². The van der Waals surface area contributed by atoms with E-state index in [4.69, 9.17) is 23.1 Å². The van der Waals surface area contributed by atoms with Crippen LogP contribution in [-0.4, -0.2) is 35.0 Å². The number of carbonyl (C=O) groups excluding carboxylic acids is 1. The lowest BCUT2D eigenvalue weighted by Crippen LogP contribution is -2.43. The number of rotatable bonds is 4. The topological polar surface area (TPSA) is 110 Å². The summed E-state index contributed by atoms with van der Waals surface area (Å²) in [7, 11) is 0. The Morgan fingerprint density at radius 1 is 1.37 bits per heavy atom. The van der Waals surface area contributed by atoms with E-state index in [2.05, 4.69) is 20.2 Å². The highest BCUT2D eigenvalue weighted by Gasteiger charge is 2.23. The molecule has 30 heavy (non-hydrogen) atoms. The molecule has 2 aromatic heterocycles. The third-order valence-corrected chi connectivity index (χ3v) is 6.11. The van der Waals surface area contributed by atoms with Crippen molar-refractivity contribution in [3.05, 3.63) is 53.2 Å². The fourth-order valence-electron chi connectivity index (χ4n) is 3.47. The fraction of sp³-hybridized carbons (Fsp3) is 0.250. The van der Waals surface area contributed by atoms with Gasteiger partial charge >= 0.3 is 0 Å². The number of thiazole rings is 1. The van der Waals surface area contributed by atoms with E-state index in [-0.39, 0.29) is 32.3 Å². The first-order chi connectivity index (χ1) is 14.4. The smallest absolute Gasteiger partial charge is 0.277 e. The van der Waals surface area contributed by atoms with Gasteiger partial charge in [-0.3, -0.25) is 9.78 Å². The number of nitrogens with two attached hydrogens (primary N) is 2. The number of nitrogens with zero attached hydrogens (tertiary/aromatic N) is 3. The summed E-state index contributed by atoms with van der Waals surface area (Å²) in [5.74, 6) is -1.03. The van der Waals surface area contributed by atoms with Gasteiger partial charge in [0.25, 0.3) is 5.91 Å². The maximum absolute atomic E-state index is 14.2. The molecule has 1 unspecified atom stereocenters. The van der Waals surface area contributed by atoms with Crippen LogP contribution in [0.25, 0.3) is 10.6 Å². The van der Waals surface area contributed by atoms with Gasteiger partial charge in [0.2, 0.25) is 0 Å². The Hall–Kier alpha value is -2.75. The molecule has 0 saturated carbocycles. The molecule has 10 heteroatoms. The standard InChI is InChI=1S/C20H20ClFN6OS/c21-12-4-1-5-13(22)16(12)20-27-17(18(24)30-20)19(29)26-14-9-25-7-6-15(14)28-8-2-3-11(23)10-28/h1,4-7,9,11H,2-3,8,10,23-24H2,(H,26,29). The summed E-state index contributed by atoms with van der Waals surface area (Å²) >= 11 is 7.12. The fourth-order valence-corrected chi connectivity index (χ4v) is 4.67. The molecular weight excluding hydrogens is 427 g/mol. The second-order valence-corrected chi connectivity index (χ2v) is 8.46. The number of amides is 1. The third-order valence-electron chi connectivity index (χ3n) is 4.89. The van der Waals surface area contributed by atoms with Gasteiger partial charge in [-0.15, -0.1) is 0 Å². The average Bonchev–Trinajstić information content (AvgIpc) is 3.09. The molecule has 1 aliphatic heterocycles. The van der Waals surface area contributed by atoms with Crippen molar-refractivity contribution < 1.29 is 9.18 Å². The predicted molar refractivity (Wildman–Crippen MR) is 119 cm³/mol. The van der Waals surface area contributed by atoms with E-state index in [9.17, 15) is 9.18 Å². The summed E-state index contributed by atoms with van der Waals surface area (Å²) in [6, 6.07) is 6.26. The zero-order chi connectivity index (χ0) is 21.3. The van der Waals surface area contributed by atoms with E-state index < -0.39 is 11.7 Å². The lowest BCUT2D eigenvalue weighted by molar-refractivity contribution is 0.102. The number of hydrogen-bond acceptors (Lipinski definition) is 7. The van der Waals surface area contributed by atoms with Crippen LogP contribution < -0.4 is 21.7 Å². The van der Waals surface area contributed by atoms with Crippen molar-refractivity contribution in [2.24, 2.45) is 5.73 Å². The second kappa shape index (κ2) is 8.55. The summed E-state index contributed by atoms with van der Waals surface area (Å²) in [5, 5.41) is 3.45. The molecule has 3 aromatic rings. The van der Waals surface area contributed by atoms with Crippen molar-refractivity contribution in [3.8, 4) is 10.6 Å². The minimum atomic E-state index is -0.529. The number of carbonyl (C=O) groups is 1. The number of piperidine rings is 1. The molecule has 1 fully saturated rings. The molecular formula is C20H20ClFN6OS. The monoisotopic (exact) mass is 446 g/mol. The first-order valence-electron chi connectivity index (χ1n) is 9.40. The van der Waals surface area contributed by atoms with Gasteiger partial charge in [0, 0.05) is 25.3 Å². The van der Waals surface area contributed by atoms with E-state index in [0.717, 1.165) is 36.4 Å². The number of nitrogens with one attached hydrogen (secondary N) is 1. The maximum Gasteiger partial charge on any atom is 0.277 e. The molecule has 0 spiro atoms. The van der Waals surface area contributed by atoms with Crippen LogP contribution in [0.3, 0.4) is 0 Å². The van der Waals surface area contributed by atoms with Crippen molar-refractivity contribution in [1.29, 1.82) is 0 Å². The average molecular weight is 447 g/mol. The van der Waals surface area contributed by atoms with E-state index in [0.29, 0.717) is 12.2 Å².